The van der Waals surface area contributed by atoms with Crippen molar-refractivity contribution in [1.29, 1.82) is 0 Å². The molecule has 2 aliphatic rings. The summed E-state index contributed by atoms with van der Waals surface area (Å²) in [5.74, 6) is -1.46. The van der Waals surface area contributed by atoms with E-state index in [9.17, 15) is 22.8 Å². The van der Waals surface area contributed by atoms with Crippen LogP contribution in [-0.4, -0.2) is 67.8 Å². The quantitative estimate of drug-likeness (QED) is 0.659. The summed E-state index contributed by atoms with van der Waals surface area (Å²) >= 11 is 0. The average molecular weight is 394 g/mol. The van der Waals surface area contributed by atoms with Crippen molar-refractivity contribution in [1.82, 2.24) is 10.2 Å². The number of esters is 1. The number of nitrogens with one attached hydrogen (secondary N) is 1. The van der Waals surface area contributed by atoms with Crippen LogP contribution in [0.5, 0.6) is 0 Å². The van der Waals surface area contributed by atoms with Gasteiger partial charge in [0.25, 0.3) is 11.8 Å². The van der Waals surface area contributed by atoms with Gasteiger partial charge in [0.15, 0.2) is 16.4 Å². The molecule has 0 unspecified atom stereocenters. The highest BCUT2D eigenvalue weighted by atomic mass is 32.2. The van der Waals surface area contributed by atoms with Crippen molar-refractivity contribution in [2.45, 2.75) is 31.3 Å². The summed E-state index contributed by atoms with van der Waals surface area (Å²) in [6.45, 7) is -0.796. The molecule has 3 rings (SSSR count). The average Bonchev–Trinajstić information content (AvgIpc) is 3.41. The summed E-state index contributed by atoms with van der Waals surface area (Å²) in [6.07, 6.45) is 2.10. The van der Waals surface area contributed by atoms with E-state index in [0.29, 0.717) is 12.0 Å². The number of amides is 2. The number of rotatable bonds is 7. The van der Waals surface area contributed by atoms with Gasteiger partial charge in [-0.25, -0.2) is 8.42 Å². The van der Waals surface area contributed by atoms with E-state index >= 15 is 0 Å². The molecule has 0 radical (unpaired) electrons. The molecule has 1 atom stereocenters. The van der Waals surface area contributed by atoms with E-state index in [2.05, 4.69) is 5.32 Å². The maximum absolute atomic E-state index is 12.5. The van der Waals surface area contributed by atoms with E-state index in [-0.39, 0.29) is 36.0 Å². The summed E-state index contributed by atoms with van der Waals surface area (Å²) in [6, 6.07) is 8.13. The largest absolute Gasteiger partial charge is 0.454 e. The zero-order chi connectivity index (χ0) is 19.4. The maximum Gasteiger partial charge on any atom is 0.325 e. The zero-order valence-corrected chi connectivity index (χ0v) is 15.6. The number of hydrogen-bond donors (Lipinski definition) is 1. The van der Waals surface area contributed by atoms with Crippen LogP contribution in [0.25, 0.3) is 0 Å². The molecule has 8 nitrogen and oxygen atoms in total. The summed E-state index contributed by atoms with van der Waals surface area (Å²) < 4.78 is 28.3. The molecule has 1 aromatic rings. The standard InChI is InChI=1S/C18H22N2O6S/c21-16(20(14-6-7-14)15-8-9-27(24,25)12-15)11-26-17(22)10-19-18(23)13-4-2-1-3-5-13/h1-5,14-15H,6-12H2,(H,19,23)/t15-/m1/s1. The molecular weight excluding hydrogens is 372 g/mol. The van der Waals surface area contributed by atoms with Crippen molar-refractivity contribution in [2.24, 2.45) is 0 Å². The molecule has 0 spiro atoms. The first-order chi connectivity index (χ1) is 12.9. The van der Waals surface area contributed by atoms with Gasteiger partial charge in [0, 0.05) is 17.6 Å². The molecule has 1 saturated carbocycles. The van der Waals surface area contributed by atoms with E-state index in [1.54, 1.807) is 35.2 Å². The molecule has 1 aromatic carbocycles. The van der Waals surface area contributed by atoms with Crippen LogP contribution in [0.2, 0.25) is 0 Å². The lowest BCUT2D eigenvalue weighted by atomic mass is 10.2. The van der Waals surface area contributed by atoms with Crippen LogP contribution < -0.4 is 5.32 Å². The lowest BCUT2D eigenvalue weighted by Gasteiger charge is -2.28. The van der Waals surface area contributed by atoms with Crippen LogP contribution in [0.4, 0.5) is 0 Å². The molecular formula is C18H22N2O6S. The van der Waals surface area contributed by atoms with Crippen LogP contribution >= 0.6 is 0 Å². The van der Waals surface area contributed by atoms with E-state index in [4.69, 9.17) is 4.74 Å². The Labute approximate surface area is 157 Å². The second-order valence-electron chi connectivity index (χ2n) is 6.80. The van der Waals surface area contributed by atoms with Crippen molar-refractivity contribution in [3.05, 3.63) is 35.9 Å². The van der Waals surface area contributed by atoms with Crippen LogP contribution in [0.15, 0.2) is 30.3 Å². The van der Waals surface area contributed by atoms with Crippen molar-refractivity contribution in [3.8, 4) is 0 Å². The predicted molar refractivity (Wildman–Crippen MR) is 96.7 cm³/mol. The van der Waals surface area contributed by atoms with Gasteiger partial charge >= 0.3 is 5.97 Å². The number of carbonyl (C=O) groups is 3. The molecule has 2 fully saturated rings. The number of sulfone groups is 1. The fourth-order valence-corrected chi connectivity index (χ4v) is 4.88. The minimum atomic E-state index is -3.10. The third kappa shape index (κ3) is 5.29. The van der Waals surface area contributed by atoms with E-state index in [1.165, 1.54) is 0 Å². The van der Waals surface area contributed by atoms with Crippen LogP contribution in [0, 0.1) is 0 Å². The Morgan fingerprint density at radius 1 is 1.07 bits per heavy atom. The van der Waals surface area contributed by atoms with Gasteiger partial charge in [0.1, 0.15) is 6.54 Å². The minimum absolute atomic E-state index is 0.0314. The van der Waals surface area contributed by atoms with Crippen LogP contribution in [-0.2, 0) is 24.2 Å². The van der Waals surface area contributed by atoms with Gasteiger partial charge in [-0.3, -0.25) is 14.4 Å². The van der Waals surface area contributed by atoms with Gasteiger partial charge in [-0.15, -0.1) is 0 Å². The van der Waals surface area contributed by atoms with Gasteiger partial charge in [0.2, 0.25) is 0 Å². The van der Waals surface area contributed by atoms with Crippen molar-refractivity contribution >= 4 is 27.6 Å². The number of carbonyl (C=O) groups excluding carboxylic acids is 3. The summed E-state index contributed by atoms with van der Waals surface area (Å²) in [7, 11) is -3.10. The van der Waals surface area contributed by atoms with Crippen molar-refractivity contribution in [3.63, 3.8) is 0 Å². The molecule has 1 aliphatic heterocycles. The molecule has 0 aromatic heterocycles. The Morgan fingerprint density at radius 3 is 2.37 bits per heavy atom. The molecule has 0 bridgehead atoms. The number of nitrogens with zero attached hydrogens (tertiary/aromatic N) is 1. The first-order valence-corrected chi connectivity index (χ1v) is 10.7. The van der Waals surface area contributed by atoms with Crippen molar-refractivity contribution < 1.29 is 27.5 Å². The molecule has 146 valence electrons. The summed E-state index contributed by atoms with van der Waals surface area (Å²) in [5, 5.41) is 2.43. The lowest BCUT2D eigenvalue weighted by Crippen LogP contribution is -2.45. The minimum Gasteiger partial charge on any atom is -0.454 e. The topological polar surface area (TPSA) is 110 Å². The normalized spacial score (nSPS) is 20.7. The smallest absolute Gasteiger partial charge is 0.325 e. The molecule has 1 aliphatic carbocycles. The number of hydrogen-bond acceptors (Lipinski definition) is 6. The Balaban J connectivity index is 1.46. The molecule has 1 saturated heterocycles. The summed E-state index contributed by atoms with van der Waals surface area (Å²) in [5.41, 5.74) is 0.420. The molecule has 1 N–H and O–H groups in total. The summed E-state index contributed by atoms with van der Waals surface area (Å²) in [4.78, 5) is 37.7. The molecule has 2 amide bonds. The Hall–Kier alpha value is -2.42. The number of benzene rings is 1. The lowest BCUT2D eigenvalue weighted by molar-refractivity contribution is -0.152. The second kappa shape index (κ2) is 8.08. The fourth-order valence-electron chi connectivity index (χ4n) is 3.16. The van der Waals surface area contributed by atoms with E-state index in [1.807, 2.05) is 0 Å². The monoisotopic (exact) mass is 394 g/mol. The second-order valence-corrected chi connectivity index (χ2v) is 9.03. The first-order valence-electron chi connectivity index (χ1n) is 8.86. The highest BCUT2D eigenvalue weighted by molar-refractivity contribution is 7.91. The molecule has 9 heteroatoms. The van der Waals surface area contributed by atoms with E-state index in [0.717, 1.165) is 12.8 Å². The van der Waals surface area contributed by atoms with Gasteiger partial charge in [-0.05, 0) is 31.4 Å². The zero-order valence-electron chi connectivity index (χ0n) is 14.8. The van der Waals surface area contributed by atoms with Gasteiger partial charge < -0.3 is 15.0 Å². The Bertz CT molecular complexity index is 820. The third-order valence-corrected chi connectivity index (χ3v) is 6.37. The number of ether oxygens (including phenoxy) is 1. The van der Waals surface area contributed by atoms with Gasteiger partial charge in [-0.2, -0.15) is 0 Å². The highest BCUT2D eigenvalue weighted by Crippen LogP contribution is 2.32. The van der Waals surface area contributed by atoms with Crippen molar-refractivity contribution in [2.75, 3.05) is 24.7 Å². The Morgan fingerprint density at radius 2 is 1.78 bits per heavy atom. The van der Waals surface area contributed by atoms with Crippen LogP contribution in [0.3, 0.4) is 0 Å². The molecule has 1 heterocycles. The Kier molecular flexibility index (Phi) is 5.79. The van der Waals surface area contributed by atoms with E-state index < -0.39 is 28.3 Å². The third-order valence-electron chi connectivity index (χ3n) is 4.62. The SMILES string of the molecule is O=C(CNC(=O)c1ccccc1)OCC(=O)N(C1CC1)[C@@H]1CCS(=O)(=O)C1. The highest BCUT2D eigenvalue weighted by Gasteiger charge is 2.42. The van der Waals surface area contributed by atoms with Crippen LogP contribution in [0.1, 0.15) is 29.6 Å². The predicted octanol–water partition coefficient (Wildman–Crippen LogP) is 0.138. The fraction of sp³-hybridized carbons (Fsp3) is 0.500. The first kappa shape index (κ1) is 19.3. The maximum atomic E-state index is 12.5. The van der Waals surface area contributed by atoms with Gasteiger partial charge in [0.05, 0.1) is 11.5 Å². The molecule has 27 heavy (non-hydrogen) atoms. The van der Waals surface area contributed by atoms with Gasteiger partial charge in [-0.1, -0.05) is 18.2 Å².